The highest BCUT2D eigenvalue weighted by atomic mass is 16.6. The number of carbonyl (C=O) groups excluding carboxylic acids is 3. The van der Waals surface area contributed by atoms with E-state index in [1.54, 1.807) is 0 Å². The summed E-state index contributed by atoms with van der Waals surface area (Å²) in [5.74, 6) is -1.08. The van der Waals surface area contributed by atoms with E-state index in [2.05, 4.69) is 5.32 Å². The monoisotopic (exact) mass is 256 g/mol. The van der Waals surface area contributed by atoms with E-state index in [0.717, 1.165) is 4.90 Å². The van der Waals surface area contributed by atoms with Crippen LogP contribution in [0.15, 0.2) is 12.2 Å². The third-order valence-electron chi connectivity index (χ3n) is 2.25. The van der Waals surface area contributed by atoms with Crippen LogP contribution in [0.3, 0.4) is 0 Å². The Bertz CT molecular complexity index is 346. The highest BCUT2D eigenvalue weighted by molar-refractivity contribution is 6.13. The van der Waals surface area contributed by atoms with Gasteiger partial charge in [0.2, 0.25) is 5.91 Å². The first kappa shape index (κ1) is 14.3. The summed E-state index contributed by atoms with van der Waals surface area (Å²) in [5, 5.41) is 11.3. The Kier molecular flexibility index (Phi) is 5.47. The number of nitrogens with zero attached hydrogens (tertiary/aromatic N) is 1. The predicted molar refractivity (Wildman–Crippen MR) is 61.1 cm³/mol. The van der Waals surface area contributed by atoms with Crippen LogP contribution in [0, 0.1) is 0 Å². The van der Waals surface area contributed by atoms with Gasteiger partial charge in [-0.2, -0.15) is 0 Å². The van der Waals surface area contributed by atoms with Crippen molar-refractivity contribution in [3.8, 4) is 0 Å². The van der Waals surface area contributed by atoms with E-state index < -0.39 is 18.1 Å². The molecule has 3 amide bonds. The first-order valence-electron chi connectivity index (χ1n) is 5.60. The number of aliphatic hydroxyl groups excluding tert-OH is 1. The molecule has 0 aliphatic carbocycles. The van der Waals surface area contributed by atoms with Gasteiger partial charge < -0.3 is 15.2 Å². The fraction of sp³-hybridized carbons (Fsp3) is 0.545. The minimum Gasteiger partial charge on any atom is -0.368 e. The molecule has 0 saturated heterocycles. The molecule has 1 unspecified atom stereocenters. The summed E-state index contributed by atoms with van der Waals surface area (Å²) >= 11 is 0. The number of nitrogens with one attached hydrogen (secondary N) is 1. The van der Waals surface area contributed by atoms with Crippen molar-refractivity contribution in [1.82, 2.24) is 10.2 Å². The molecule has 0 aromatic rings. The summed E-state index contributed by atoms with van der Waals surface area (Å²) in [6, 6.07) is 0. The summed E-state index contributed by atoms with van der Waals surface area (Å²) in [5.41, 5.74) is 0. The Balaban J connectivity index is 2.14. The van der Waals surface area contributed by atoms with Crippen LogP contribution in [0.5, 0.6) is 0 Å². The number of imide groups is 1. The standard InChI is InChI=1S/C11H16N2O5/c1-8(14)18-7-5-12-9(15)4-6-13-10(16)2-3-11(13)17/h2-3,8,14H,4-7H2,1H3,(H,12,15). The third-order valence-corrected chi connectivity index (χ3v) is 2.25. The van der Waals surface area contributed by atoms with Crippen LogP contribution in [-0.4, -0.2) is 53.7 Å². The van der Waals surface area contributed by atoms with Crippen LogP contribution < -0.4 is 5.32 Å². The second kappa shape index (κ2) is 6.87. The highest BCUT2D eigenvalue weighted by Crippen LogP contribution is 2.03. The third kappa shape index (κ3) is 4.64. The van der Waals surface area contributed by atoms with Crippen molar-refractivity contribution in [2.75, 3.05) is 19.7 Å². The van der Waals surface area contributed by atoms with Gasteiger partial charge in [0.25, 0.3) is 11.8 Å². The van der Waals surface area contributed by atoms with E-state index in [4.69, 9.17) is 9.84 Å². The SMILES string of the molecule is CC(O)OCCNC(=O)CCN1C(=O)C=CC1=O. The lowest BCUT2D eigenvalue weighted by atomic mass is 10.3. The van der Waals surface area contributed by atoms with Crippen LogP contribution in [-0.2, 0) is 19.1 Å². The van der Waals surface area contributed by atoms with E-state index in [1.807, 2.05) is 0 Å². The molecule has 0 fully saturated rings. The number of aliphatic hydroxyl groups is 1. The number of hydrogen-bond donors (Lipinski definition) is 2. The van der Waals surface area contributed by atoms with Crippen molar-refractivity contribution >= 4 is 17.7 Å². The largest absolute Gasteiger partial charge is 0.368 e. The van der Waals surface area contributed by atoms with Gasteiger partial charge in [-0.3, -0.25) is 19.3 Å². The fourth-order valence-corrected chi connectivity index (χ4v) is 1.37. The minimum atomic E-state index is -0.868. The summed E-state index contributed by atoms with van der Waals surface area (Å²) < 4.78 is 4.82. The molecule has 1 aliphatic heterocycles. The van der Waals surface area contributed by atoms with Gasteiger partial charge in [0.05, 0.1) is 6.61 Å². The molecule has 7 nitrogen and oxygen atoms in total. The first-order chi connectivity index (χ1) is 8.50. The second-order valence-electron chi connectivity index (χ2n) is 3.73. The molecular weight excluding hydrogens is 240 g/mol. The van der Waals surface area contributed by atoms with Crippen LogP contribution in [0.2, 0.25) is 0 Å². The smallest absolute Gasteiger partial charge is 0.253 e. The average molecular weight is 256 g/mol. The van der Waals surface area contributed by atoms with Gasteiger partial charge in [0.15, 0.2) is 6.29 Å². The Morgan fingerprint density at radius 1 is 1.44 bits per heavy atom. The van der Waals surface area contributed by atoms with Crippen LogP contribution in [0.25, 0.3) is 0 Å². The van der Waals surface area contributed by atoms with Crippen molar-refractivity contribution in [3.05, 3.63) is 12.2 Å². The fourth-order valence-electron chi connectivity index (χ4n) is 1.37. The Morgan fingerprint density at radius 2 is 2.06 bits per heavy atom. The molecule has 0 spiro atoms. The summed E-state index contributed by atoms with van der Waals surface area (Å²) in [7, 11) is 0. The lowest BCUT2D eigenvalue weighted by molar-refractivity contribution is -0.137. The molecule has 0 aromatic carbocycles. The number of ether oxygens (including phenoxy) is 1. The van der Waals surface area contributed by atoms with E-state index >= 15 is 0 Å². The molecule has 1 atom stereocenters. The molecule has 7 heteroatoms. The van der Waals surface area contributed by atoms with E-state index in [9.17, 15) is 14.4 Å². The summed E-state index contributed by atoms with van der Waals surface area (Å²) in [6.45, 7) is 2.00. The Hall–Kier alpha value is -1.73. The summed E-state index contributed by atoms with van der Waals surface area (Å²) in [6.07, 6.45) is 1.54. The van der Waals surface area contributed by atoms with Crippen molar-refractivity contribution < 1.29 is 24.2 Å². The van der Waals surface area contributed by atoms with Crippen molar-refractivity contribution in [2.45, 2.75) is 19.6 Å². The van der Waals surface area contributed by atoms with E-state index in [1.165, 1.54) is 19.1 Å². The molecule has 18 heavy (non-hydrogen) atoms. The maximum absolute atomic E-state index is 11.4. The highest BCUT2D eigenvalue weighted by Gasteiger charge is 2.23. The van der Waals surface area contributed by atoms with Crippen molar-refractivity contribution in [1.29, 1.82) is 0 Å². The van der Waals surface area contributed by atoms with Crippen LogP contribution in [0.1, 0.15) is 13.3 Å². The van der Waals surface area contributed by atoms with Gasteiger partial charge in [-0.15, -0.1) is 0 Å². The molecule has 100 valence electrons. The Morgan fingerprint density at radius 3 is 2.61 bits per heavy atom. The van der Waals surface area contributed by atoms with Crippen molar-refractivity contribution in [2.24, 2.45) is 0 Å². The molecule has 0 bridgehead atoms. The normalized spacial score (nSPS) is 16.2. The number of carbonyl (C=O) groups is 3. The van der Waals surface area contributed by atoms with Gasteiger partial charge in [0, 0.05) is 31.7 Å². The zero-order valence-electron chi connectivity index (χ0n) is 10.1. The first-order valence-corrected chi connectivity index (χ1v) is 5.60. The van der Waals surface area contributed by atoms with Gasteiger partial charge in [0.1, 0.15) is 0 Å². The molecule has 0 radical (unpaired) electrons. The molecule has 0 saturated carbocycles. The zero-order chi connectivity index (χ0) is 13.5. The molecule has 1 aliphatic rings. The van der Waals surface area contributed by atoms with Crippen LogP contribution >= 0.6 is 0 Å². The lowest BCUT2D eigenvalue weighted by Crippen LogP contribution is -2.35. The molecule has 0 aromatic heterocycles. The average Bonchev–Trinajstić information content (AvgIpc) is 2.62. The van der Waals surface area contributed by atoms with Gasteiger partial charge >= 0.3 is 0 Å². The molecule has 1 heterocycles. The van der Waals surface area contributed by atoms with Crippen molar-refractivity contribution in [3.63, 3.8) is 0 Å². The van der Waals surface area contributed by atoms with E-state index in [-0.39, 0.29) is 32.0 Å². The predicted octanol–water partition coefficient (Wildman–Crippen LogP) is -1.23. The second-order valence-corrected chi connectivity index (χ2v) is 3.73. The molecular formula is C11H16N2O5. The number of rotatable bonds is 7. The Labute approximate surface area is 104 Å². The maximum Gasteiger partial charge on any atom is 0.253 e. The molecule has 2 N–H and O–H groups in total. The zero-order valence-corrected chi connectivity index (χ0v) is 10.1. The van der Waals surface area contributed by atoms with Crippen LogP contribution in [0.4, 0.5) is 0 Å². The minimum absolute atomic E-state index is 0.0494. The van der Waals surface area contributed by atoms with Gasteiger partial charge in [-0.25, -0.2) is 0 Å². The number of amides is 3. The topological polar surface area (TPSA) is 95.9 Å². The number of hydrogen-bond acceptors (Lipinski definition) is 5. The quantitative estimate of drug-likeness (QED) is 0.338. The van der Waals surface area contributed by atoms with Gasteiger partial charge in [-0.05, 0) is 6.92 Å². The summed E-state index contributed by atoms with van der Waals surface area (Å²) in [4.78, 5) is 34.7. The molecule has 1 rings (SSSR count). The van der Waals surface area contributed by atoms with E-state index in [0.29, 0.717) is 0 Å². The van der Waals surface area contributed by atoms with Gasteiger partial charge in [-0.1, -0.05) is 0 Å². The lowest BCUT2D eigenvalue weighted by Gasteiger charge is -2.13. The maximum atomic E-state index is 11.4.